The molecule has 3 aliphatic rings. The van der Waals surface area contributed by atoms with Gasteiger partial charge in [0.1, 0.15) is 12.3 Å². The maximum absolute atomic E-state index is 15.1. The molecule has 6 unspecified atom stereocenters. The number of rotatable bonds is 5. The first-order chi connectivity index (χ1) is 11.9. The lowest BCUT2D eigenvalue weighted by atomic mass is 9.71. The molecule has 6 atom stereocenters. The van der Waals surface area contributed by atoms with E-state index in [1.54, 1.807) is 0 Å². The first kappa shape index (κ1) is 19.5. The Bertz CT molecular complexity index is 430. The molecular weight excluding hydrogens is 328 g/mol. The fourth-order valence-corrected chi connectivity index (χ4v) is 6.33. The smallest absolute Gasteiger partial charge is 0.244 e. The topological polar surface area (TPSA) is 0 Å². The standard InChI is InChI=1S/C21H34F4/c1-3-5-13-7-9-14(10-8-13)17-12-16-11-15(6-4-2)19(22)20(23)18(16)21(17,24)25/h13-20H,3-12H2,1-2H3. The van der Waals surface area contributed by atoms with Crippen LogP contribution < -0.4 is 0 Å². The highest BCUT2D eigenvalue weighted by Crippen LogP contribution is 2.60. The van der Waals surface area contributed by atoms with Crippen molar-refractivity contribution in [1.82, 2.24) is 0 Å². The number of hydrogen-bond donors (Lipinski definition) is 0. The zero-order valence-electron chi connectivity index (χ0n) is 15.7. The molecule has 0 nitrogen and oxygen atoms in total. The van der Waals surface area contributed by atoms with Gasteiger partial charge in [-0.2, -0.15) is 0 Å². The molecule has 3 fully saturated rings. The highest BCUT2D eigenvalue weighted by molar-refractivity contribution is 5.07. The van der Waals surface area contributed by atoms with Crippen LogP contribution in [0.1, 0.15) is 78.1 Å². The van der Waals surface area contributed by atoms with E-state index in [1.165, 1.54) is 6.42 Å². The molecule has 0 radical (unpaired) electrons. The molecule has 0 bridgehead atoms. The van der Waals surface area contributed by atoms with E-state index in [9.17, 15) is 8.78 Å². The Labute approximate surface area is 150 Å². The van der Waals surface area contributed by atoms with Gasteiger partial charge < -0.3 is 0 Å². The minimum absolute atomic E-state index is 0.00333. The Morgan fingerprint density at radius 2 is 1.44 bits per heavy atom. The van der Waals surface area contributed by atoms with Crippen molar-refractivity contribution in [2.24, 2.45) is 35.5 Å². The van der Waals surface area contributed by atoms with E-state index in [0.717, 1.165) is 38.5 Å². The first-order valence-corrected chi connectivity index (χ1v) is 10.6. The van der Waals surface area contributed by atoms with Crippen LogP contribution in [0.4, 0.5) is 17.6 Å². The maximum Gasteiger partial charge on any atom is 0.257 e. The normalized spacial score (nSPS) is 46.8. The third-order valence-corrected chi connectivity index (χ3v) is 7.52. The molecule has 0 aromatic carbocycles. The summed E-state index contributed by atoms with van der Waals surface area (Å²) in [5.41, 5.74) is 0. The number of fused-ring (bicyclic) bond motifs is 1. The maximum atomic E-state index is 15.1. The molecule has 0 aromatic heterocycles. The summed E-state index contributed by atoms with van der Waals surface area (Å²) in [5, 5.41) is 0. The lowest BCUT2D eigenvalue weighted by Crippen LogP contribution is -2.48. The highest BCUT2D eigenvalue weighted by atomic mass is 19.3. The molecule has 25 heavy (non-hydrogen) atoms. The summed E-state index contributed by atoms with van der Waals surface area (Å²) in [5.74, 6) is -5.15. The monoisotopic (exact) mass is 362 g/mol. The quantitative estimate of drug-likeness (QED) is 0.463. The van der Waals surface area contributed by atoms with Crippen molar-refractivity contribution in [3.63, 3.8) is 0 Å². The minimum Gasteiger partial charge on any atom is -0.244 e. The number of hydrogen-bond acceptors (Lipinski definition) is 0. The Morgan fingerprint density at radius 1 is 0.800 bits per heavy atom. The summed E-state index contributed by atoms with van der Waals surface area (Å²) in [6.45, 7) is 4.12. The predicted octanol–water partition coefficient (Wildman–Crippen LogP) is 6.98. The van der Waals surface area contributed by atoms with E-state index in [4.69, 9.17) is 0 Å². The summed E-state index contributed by atoms with van der Waals surface area (Å²) in [7, 11) is 0. The number of alkyl halides is 4. The molecule has 0 aromatic rings. The Hall–Kier alpha value is -0.280. The van der Waals surface area contributed by atoms with Gasteiger partial charge in [-0.1, -0.05) is 46.0 Å². The molecule has 0 heterocycles. The van der Waals surface area contributed by atoms with Crippen molar-refractivity contribution in [2.45, 2.75) is 96.3 Å². The lowest BCUT2D eigenvalue weighted by Gasteiger charge is -2.40. The van der Waals surface area contributed by atoms with Gasteiger partial charge in [0, 0.05) is 5.92 Å². The summed E-state index contributed by atoms with van der Waals surface area (Å²) in [4.78, 5) is 0. The molecule has 3 rings (SSSR count). The predicted molar refractivity (Wildman–Crippen MR) is 93.2 cm³/mol. The number of halogens is 4. The van der Waals surface area contributed by atoms with Gasteiger partial charge in [-0.3, -0.25) is 0 Å². The van der Waals surface area contributed by atoms with Crippen LogP contribution in [0.3, 0.4) is 0 Å². The van der Waals surface area contributed by atoms with E-state index in [-0.39, 0.29) is 17.8 Å². The Balaban J connectivity index is 1.70. The minimum atomic E-state index is -3.03. The largest absolute Gasteiger partial charge is 0.257 e. The molecule has 4 heteroatoms. The van der Waals surface area contributed by atoms with Crippen molar-refractivity contribution in [1.29, 1.82) is 0 Å². The van der Waals surface area contributed by atoms with Crippen LogP contribution in [0, 0.1) is 35.5 Å². The van der Waals surface area contributed by atoms with Crippen LogP contribution >= 0.6 is 0 Å². The zero-order valence-corrected chi connectivity index (χ0v) is 15.7. The first-order valence-electron chi connectivity index (χ1n) is 10.6. The Kier molecular flexibility index (Phi) is 6.05. The molecule has 0 N–H and O–H groups in total. The summed E-state index contributed by atoms with van der Waals surface area (Å²) < 4.78 is 59.3. The van der Waals surface area contributed by atoms with E-state index in [2.05, 4.69) is 6.92 Å². The molecule has 0 amide bonds. The molecule has 0 aliphatic heterocycles. The summed E-state index contributed by atoms with van der Waals surface area (Å²) >= 11 is 0. The van der Waals surface area contributed by atoms with E-state index in [0.29, 0.717) is 25.2 Å². The SMILES string of the molecule is CCCC1CCC(C2CC3CC(CCC)C(F)C(F)C3C2(F)F)CC1. The van der Waals surface area contributed by atoms with Crippen molar-refractivity contribution in [3.05, 3.63) is 0 Å². The van der Waals surface area contributed by atoms with Crippen molar-refractivity contribution >= 4 is 0 Å². The van der Waals surface area contributed by atoms with E-state index < -0.39 is 30.1 Å². The van der Waals surface area contributed by atoms with Crippen molar-refractivity contribution < 1.29 is 17.6 Å². The third-order valence-electron chi connectivity index (χ3n) is 7.52. The van der Waals surface area contributed by atoms with Gasteiger partial charge in [-0.15, -0.1) is 0 Å². The van der Waals surface area contributed by atoms with Crippen molar-refractivity contribution in [2.75, 3.05) is 0 Å². The van der Waals surface area contributed by atoms with Gasteiger partial charge in [0.15, 0.2) is 0 Å². The van der Waals surface area contributed by atoms with Crippen molar-refractivity contribution in [3.8, 4) is 0 Å². The lowest BCUT2D eigenvalue weighted by molar-refractivity contribution is -0.147. The van der Waals surface area contributed by atoms with E-state index in [1.807, 2.05) is 6.92 Å². The average molecular weight is 362 g/mol. The van der Waals surface area contributed by atoms with Crippen LogP contribution in [0.2, 0.25) is 0 Å². The zero-order chi connectivity index (χ0) is 18.2. The van der Waals surface area contributed by atoms with Crippen LogP contribution in [0.25, 0.3) is 0 Å². The average Bonchev–Trinajstić information content (AvgIpc) is 2.84. The molecule has 3 aliphatic carbocycles. The molecule has 0 spiro atoms. The highest BCUT2D eigenvalue weighted by Gasteiger charge is 2.65. The van der Waals surface area contributed by atoms with E-state index >= 15 is 8.78 Å². The van der Waals surface area contributed by atoms with Gasteiger partial charge in [-0.05, 0) is 55.8 Å². The van der Waals surface area contributed by atoms with Crippen LogP contribution in [-0.4, -0.2) is 18.3 Å². The second-order valence-corrected chi connectivity index (χ2v) is 9.05. The third kappa shape index (κ3) is 3.60. The van der Waals surface area contributed by atoms with Gasteiger partial charge in [-0.25, -0.2) is 17.6 Å². The Morgan fingerprint density at radius 3 is 2.04 bits per heavy atom. The fourth-order valence-electron chi connectivity index (χ4n) is 6.33. The molecule has 0 saturated heterocycles. The second kappa shape index (κ2) is 7.76. The van der Waals surface area contributed by atoms with Crippen LogP contribution in [0.5, 0.6) is 0 Å². The van der Waals surface area contributed by atoms with Crippen LogP contribution in [-0.2, 0) is 0 Å². The molecule has 146 valence electrons. The summed E-state index contributed by atoms with van der Waals surface area (Å²) in [6, 6.07) is 0. The van der Waals surface area contributed by atoms with Gasteiger partial charge in [0.2, 0.25) is 0 Å². The van der Waals surface area contributed by atoms with Gasteiger partial charge in [0.25, 0.3) is 5.92 Å². The van der Waals surface area contributed by atoms with Gasteiger partial charge in [0.05, 0.1) is 5.92 Å². The van der Waals surface area contributed by atoms with Gasteiger partial charge >= 0.3 is 0 Å². The second-order valence-electron chi connectivity index (χ2n) is 9.05. The molecule has 3 saturated carbocycles. The fraction of sp³-hybridized carbons (Fsp3) is 1.00. The molecular formula is C21H34F4. The summed E-state index contributed by atoms with van der Waals surface area (Å²) in [6.07, 6.45) is 4.68. The van der Waals surface area contributed by atoms with Crippen LogP contribution in [0.15, 0.2) is 0 Å².